The Labute approximate surface area is 206 Å². The second kappa shape index (κ2) is 11.6. The molecule has 0 aliphatic carbocycles. The van der Waals surface area contributed by atoms with Gasteiger partial charge in [-0.3, -0.25) is 19.3 Å². The highest BCUT2D eigenvalue weighted by atomic mass is 19.1. The van der Waals surface area contributed by atoms with Gasteiger partial charge < -0.3 is 10.2 Å². The summed E-state index contributed by atoms with van der Waals surface area (Å²) in [7, 11) is 0. The summed E-state index contributed by atoms with van der Waals surface area (Å²) in [5, 5.41) is 2.96. The quantitative estimate of drug-likeness (QED) is 0.393. The van der Waals surface area contributed by atoms with E-state index in [1.807, 2.05) is 0 Å². The van der Waals surface area contributed by atoms with Gasteiger partial charge in [-0.15, -0.1) is 0 Å². The molecule has 1 unspecified atom stereocenters. The van der Waals surface area contributed by atoms with Gasteiger partial charge in [0, 0.05) is 24.7 Å². The van der Waals surface area contributed by atoms with Gasteiger partial charge in [-0.2, -0.15) is 0 Å². The third-order valence-corrected chi connectivity index (χ3v) is 7.03. The van der Waals surface area contributed by atoms with Gasteiger partial charge in [0.05, 0.1) is 17.7 Å². The first kappa shape index (κ1) is 25.0. The number of piperidine rings is 1. The molecular weight excluding hydrogens is 445 g/mol. The third kappa shape index (κ3) is 5.96. The summed E-state index contributed by atoms with van der Waals surface area (Å²) in [6, 6.07) is 11.0. The molecule has 2 aromatic carbocycles. The number of rotatable bonds is 10. The van der Waals surface area contributed by atoms with Gasteiger partial charge in [0.15, 0.2) is 0 Å². The van der Waals surface area contributed by atoms with Crippen molar-refractivity contribution >= 4 is 17.7 Å². The predicted molar refractivity (Wildman–Crippen MR) is 133 cm³/mol. The van der Waals surface area contributed by atoms with Crippen LogP contribution in [0.3, 0.4) is 0 Å². The highest BCUT2D eigenvalue weighted by Gasteiger charge is 2.36. The van der Waals surface area contributed by atoms with Crippen molar-refractivity contribution < 1.29 is 18.8 Å². The number of fused-ring (bicyclic) bond motifs is 1. The van der Waals surface area contributed by atoms with Crippen molar-refractivity contribution in [2.75, 3.05) is 19.6 Å². The molecule has 0 bridgehead atoms. The maximum absolute atomic E-state index is 13.2. The van der Waals surface area contributed by atoms with Crippen molar-refractivity contribution in [1.82, 2.24) is 15.1 Å². The molecular formula is C28H34FN3O3. The summed E-state index contributed by atoms with van der Waals surface area (Å²) >= 11 is 0. The van der Waals surface area contributed by atoms with E-state index in [-0.39, 0.29) is 29.4 Å². The Balaban J connectivity index is 1.31. The van der Waals surface area contributed by atoms with Crippen molar-refractivity contribution in [3.05, 3.63) is 70.5 Å². The Kier molecular flexibility index (Phi) is 8.29. The zero-order valence-electron chi connectivity index (χ0n) is 20.4. The summed E-state index contributed by atoms with van der Waals surface area (Å²) in [5.41, 5.74) is 1.55. The second-order valence-electron chi connectivity index (χ2n) is 9.52. The number of likely N-dealkylation sites (tertiary alicyclic amines) is 1. The van der Waals surface area contributed by atoms with Crippen LogP contribution in [0, 0.1) is 5.82 Å². The summed E-state index contributed by atoms with van der Waals surface area (Å²) < 4.78 is 13.2. The molecule has 4 rings (SSSR count). The molecule has 0 saturated carbocycles. The largest absolute Gasteiger partial charge is 0.352 e. The molecule has 1 atom stereocenters. The number of nitrogens with one attached hydrogen (secondary N) is 1. The minimum absolute atomic E-state index is 0.0594. The van der Waals surface area contributed by atoms with E-state index in [1.54, 1.807) is 24.3 Å². The zero-order valence-corrected chi connectivity index (χ0v) is 20.4. The lowest BCUT2D eigenvalue weighted by Gasteiger charge is -2.36. The van der Waals surface area contributed by atoms with Crippen LogP contribution in [0.5, 0.6) is 0 Å². The topological polar surface area (TPSA) is 69.7 Å². The van der Waals surface area contributed by atoms with Gasteiger partial charge in [-0.25, -0.2) is 4.39 Å². The number of imide groups is 1. The Bertz CT molecular complexity index is 1070. The van der Waals surface area contributed by atoms with Crippen LogP contribution in [0.25, 0.3) is 0 Å². The van der Waals surface area contributed by atoms with Crippen LogP contribution in [0.4, 0.5) is 4.39 Å². The van der Waals surface area contributed by atoms with Crippen LogP contribution in [-0.4, -0.2) is 53.2 Å². The molecule has 0 spiro atoms. The van der Waals surface area contributed by atoms with E-state index in [2.05, 4.69) is 17.1 Å². The third-order valence-electron chi connectivity index (χ3n) is 7.03. The number of nitrogens with zero attached hydrogens (tertiary/aromatic N) is 2. The first-order valence-corrected chi connectivity index (χ1v) is 12.7. The van der Waals surface area contributed by atoms with Crippen LogP contribution in [0.15, 0.2) is 42.5 Å². The molecule has 7 heteroatoms. The fraction of sp³-hybridized carbons (Fsp3) is 0.464. The molecule has 3 amide bonds. The lowest BCUT2D eigenvalue weighted by Crippen LogP contribution is -2.41. The smallest absolute Gasteiger partial charge is 0.261 e. The first-order valence-electron chi connectivity index (χ1n) is 12.7. The Morgan fingerprint density at radius 3 is 2.57 bits per heavy atom. The molecule has 35 heavy (non-hydrogen) atoms. The minimum atomic E-state index is -0.438. The average Bonchev–Trinajstić information content (AvgIpc) is 3.11. The van der Waals surface area contributed by atoms with E-state index in [0.717, 1.165) is 24.4 Å². The number of halogens is 1. The fourth-order valence-electron chi connectivity index (χ4n) is 5.06. The molecule has 2 heterocycles. The normalized spacial score (nSPS) is 18.1. The Morgan fingerprint density at radius 2 is 1.80 bits per heavy atom. The number of hydrogen-bond donors (Lipinski definition) is 1. The number of unbranched alkanes of at least 4 members (excludes halogenated alkanes) is 1. The van der Waals surface area contributed by atoms with Crippen LogP contribution in [0.1, 0.15) is 88.5 Å². The standard InChI is InChI=1S/C28H34FN3O3/c1-2-3-7-23-8-4-5-16-31(23)17-6-15-30-26(33)21-11-14-24-25(18-21)28(35)32(27(24)34)19-20-9-12-22(29)13-10-20/h9-14,18,23H,2-8,15-17,19H2,1H3,(H,30,33). The van der Waals surface area contributed by atoms with Crippen molar-refractivity contribution in [1.29, 1.82) is 0 Å². The Hall–Kier alpha value is -3.06. The molecule has 1 fully saturated rings. The first-order chi connectivity index (χ1) is 17.0. The van der Waals surface area contributed by atoms with E-state index in [9.17, 15) is 18.8 Å². The molecule has 1 saturated heterocycles. The van der Waals surface area contributed by atoms with E-state index < -0.39 is 11.8 Å². The van der Waals surface area contributed by atoms with Gasteiger partial charge in [0.25, 0.3) is 17.7 Å². The molecule has 0 aromatic heterocycles. The van der Waals surface area contributed by atoms with Crippen molar-refractivity contribution in [2.24, 2.45) is 0 Å². The maximum atomic E-state index is 13.2. The van der Waals surface area contributed by atoms with Crippen molar-refractivity contribution in [3.8, 4) is 0 Å². The number of benzene rings is 2. The SMILES string of the molecule is CCCCC1CCCCN1CCCNC(=O)c1ccc2c(c1)C(=O)N(Cc1ccc(F)cc1)C2=O. The maximum Gasteiger partial charge on any atom is 0.261 e. The Morgan fingerprint density at radius 1 is 1.03 bits per heavy atom. The van der Waals surface area contributed by atoms with E-state index in [1.165, 1.54) is 56.7 Å². The van der Waals surface area contributed by atoms with Gasteiger partial charge in [-0.1, -0.05) is 38.3 Å². The molecule has 2 aliphatic heterocycles. The monoisotopic (exact) mass is 479 g/mol. The van der Waals surface area contributed by atoms with E-state index in [0.29, 0.717) is 23.7 Å². The van der Waals surface area contributed by atoms with Gasteiger partial charge >= 0.3 is 0 Å². The van der Waals surface area contributed by atoms with Gasteiger partial charge in [0.2, 0.25) is 0 Å². The number of amides is 3. The highest BCUT2D eigenvalue weighted by molar-refractivity contribution is 6.22. The molecule has 1 N–H and O–H groups in total. The lowest BCUT2D eigenvalue weighted by atomic mass is 9.97. The number of carbonyl (C=O) groups is 3. The minimum Gasteiger partial charge on any atom is -0.352 e. The van der Waals surface area contributed by atoms with Crippen molar-refractivity contribution in [2.45, 2.75) is 64.5 Å². The van der Waals surface area contributed by atoms with Crippen LogP contribution >= 0.6 is 0 Å². The van der Waals surface area contributed by atoms with Crippen LogP contribution < -0.4 is 5.32 Å². The number of hydrogen-bond acceptors (Lipinski definition) is 4. The van der Waals surface area contributed by atoms with Crippen LogP contribution in [-0.2, 0) is 6.54 Å². The molecule has 6 nitrogen and oxygen atoms in total. The van der Waals surface area contributed by atoms with Crippen molar-refractivity contribution in [3.63, 3.8) is 0 Å². The fourth-order valence-corrected chi connectivity index (χ4v) is 5.06. The zero-order chi connectivity index (χ0) is 24.8. The summed E-state index contributed by atoms with van der Waals surface area (Å²) in [5.74, 6) is -1.46. The second-order valence-corrected chi connectivity index (χ2v) is 9.52. The van der Waals surface area contributed by atoms with Crippen LogP contribution in [0.2, 0.25) is 0 Å². The van der Waals surface area contributed by atoms with E-state index >= 15 is 0 Å². The molecule has 2 aliphatic rings. The van der Waals surface area contributed by atoms with Gasteiger partial charge in [-0.05, 0) is 68.1 Å². The molecule has 2 aromatic rings. The van der Waals surface area contributed by atoms with Gasteiger partial charge in [0.1, 0.15) is 5.82 Å². The lowest BCUT2D eigenvalue weighted by molar-refractivity contribution is 0.0642. The number of carbonyl (C=O) groups excluding carboxylic acids is 3. The summed E-state index contributed by atoms with van der Waals surface area (Å²) in [6.45, 7) is 4.97. The summed E-state index contributed by atoms with van der Waals surface area (Å²) in [4.78, 5) is 42.1. The average molecular weight is 480 g/mol. The summed E-state index contributed by atoms with van der Waals surface area (Å²) in [6.07, 6.45) is 8.44. The van der Waals surface area contributed by atoms with E-state index in [4.69, 9.17) is 0 Å². The highest BCUT2D eigenvalue weighted by Crippen LogP contribution is 2.26. The molecule has 186 valence electrons. The predicted octanol–water partition coefficient (Wildman–Crippen LogP) is 4.79. The molecule has 0 radical (unpaired) electrons.